The standard InChI is InChI=1S/C18H12Cl2F3N3O2/c19-13-5-1-11(2-6-13)17(18(21,22)23,26-10-14(20)9-25-26)12-3-7-15(8-4-12)28-16(24)27/h1-10H,(H2,24,27). The molecule has 0 bridgehead atoms. The van der Waals surface area contributed by atoms with Gasteiger partial charge in [-0.15, -0.1) is 0 Å². The molecular weight excluding hydrogens is 418 g/mol. The zero-order valence-electron chi connectivity index (χ0n) is 14.0. The predicted molar refractivity (Wildman–Crippen MR) is 97.6 cm³/mol. The largest absolute Gasteiger partial charge is 0.422 e. The van der Waals surface area contributed by atoms with Crippen molar-refractivity contribution in [3.05, 3.63) is 82.1 Å². The number of rotatable bonds is 4. The summed E-state index contributed by atoms with van der Waals surface area (Å²) in [7, 11) is 0. The summed E-state index contributed by atoms with van der Waals surface area (Å²) >= 11 is 11.7. The minimum atomic E-state index is -4.82. The van der Waals surface area contributed by atoms with Crippen LogP contribution in [0.15, 0.2) is 60.9 Å². The first-order valence-electron chi connectivity index (χ1n) is 7.76. The van der Waals surface area contributed by atoms with E-state index >= 15 is 0 Å². The lowest BCUT2D eigenvalue weighted by atomic mass is 9.82. The topological polar surface area (TPSA) is 70.1 Å². The van der Waals surface area contributed by atoms with Gasteiger partial charge in [-0.25, -0.2) is 9.48 Å². The van der Waals surface area contributed by atoms with Crippen LogP contribution < -0.4 is 10.5 Å². The van der Waals surface area contributed by atoms with Crippen molar-refractivity contribution in [3.63, 3.8) is 0 Å². The molecule has 146 valence electrons. The highest BCUT2D eigenvalue weighted by Crippen LogP contribution is 2.48. The Kier molecular flexibility index (Phi) is 5.27. The number of nitrogens with two attached hydrogens (primary N) is 1. The number of carbonyl (C=O) groups is 1. The molecule has 0 spiro atoms. The fourth-order valence-electron chi connectivity index (χ4n) is 2.94. The molecular formula is C18H12Cl2F3N3O2. The zero-order chi connectivity index (χ0) is 20.5. The molecule has 1 heterocycles. The average Bonchev–Trinajstić information content (AvgIpc) is 3.03. The maximum Gasteiger partial charge on any atom is 0.422 e. The zero-order valence-corrected chi connectivity index (χ0v) is 15.5. The van der Waals surface area contributed by atoms with Gasteiger partial charge in [0.25, 0.3) is 0 Å². The number of benzene rings is 2. The summed E-state index contributed by atoms with van der Waals surface area (Å²) < 4.78 is 49.3. The number of alkyl halides is 3. The summed E-state index contributed by atoms with van der Waals surface area (Å²) in [6, 6.07) is 10.0. The minimum absolute atomic E-state index is 0.00179. The van der Waals surface area contributed by atoms with Gasteiger partial charge in [-0.1, -0.05) is 47.5 Å². The van der Waals surface area contributed by atoms with Crippen LogP contribution in [0, 0.1) is 0 Å². The molecule has 1 aromatic heterocycles. The summed E-state index contributed by atoms with van der Waals surface area (Å²) in [6.45, 7) is 0. The molecule has 0 fully saturated rings. The van der Waals surface area contributed by atoms with E-state index in [0.29, 0.717) is 0 Å². The van der Waals surface area contributed by atoms with E-state index in [-0.39, 0.29) is 26.9 Å². The number of amides is 1. The fourth-order valence-corrected chi connectivity index (χ4v) is 3.21. The number of nitrogens with zero attached hydrogens (tertiary/aromatic N) is 2. The third kappa shape index (κ3) is 3.53. The molecule has 0 saturated carbocycles. The van der Waals surface area contributed by atoms with E-state index < -0.39 is 17.8 Å². The van der Waals surface area contributed by atoms with Crippen LogP contribution in [0.2, 0.25) is 10.0 Å². The molecule has 3 rings (SSSR count). The molecule has 0 saturated heterocycles. The van der Waals surface area contributed by atoms with E-state index in [0.717, 1.165) is 17.1 Å². The Balaban J connectivity index is 2.29. The summed E-state index contributed by atoms with van der Waals surface area (Å²) in [6.07, 6.45) is -3.70. The molecule has 0 aliphatic heterocycles. The average molecular weight is 430 g/mol. The van der Waals surface area contributed by atoms with Gasteiger partial charge in [-0.3, -0.25) is 0 Å². The molecule has 2 N–H and O–H groups in total. The van der Waals surface area contributed by atoms with E-state index in [1.54, 1.807) is 0 Å². The Bertz CT molecular complexity index is 989. The molecule has 3 aromatic rings. The van der Waals surface area contributed by atoms with Crippen LogP contribution in [0.1, 0.15) is 11.1 Å². The van der Waals surface area contributed by atoms with Crippen LogP contribution >= 0.6 is 23.2 Å². The van der Waals surface area contributed by atoms with Crippen LogP contribution in [0.25, 0.3) is 0 Å². The highest BCUT2D eigenvalue weighted by Gasteiger charge is 2.59. The molecule has 1 unspecified atom stereocenters. The lowest BCUT2D eigenvalue weighted by molar-refractivity contribution is -0.189. The number of hydrogen-bond acceptors (Lipinski definition) is 3. The van der Waals surface area contributed by atoms with Crippen LogP contribution in [-0.4, -0.2) is 22.1 Å². The van der Waals surface area contributed by atoms with Crippen molar-refractivity contribution >= 4 is 29.3 Å². The van der Waals surface area contributed by atoms with Crippen LogP contribution in [0.5, 0.6) is 5.75 Å². The van der Waals surface area contributed by atoms with Gasteiger partial charge in [-0.05, 0) is 35.4 Å². The summed E-state index contributed by atoms with van der Waals surface area (Å²) in [5, 5.41) is 4.15. The summed E-state index contributed by atoms with van der Waals surface area (Å²) in [5.74, 6) is 0.00179. The lowest BCUT2D eigenvalue weighted by Crippen LogP contribution is -2.50. The quantitative estimate of drug-likeness (QED) is 0.633. The fraction of sp³-hybridized carbons (Fsp3) is 0.111. The predicted octanol–water partition coefficient (Wildman–Crippen LogP) is 5.00. The van der Waals surface area contributed by atoms with E-state index in [2.05, 4.69) is 5.10 Å². The Morgan fingerprint density at radius 1 is 0.964 bits per heavy atom. The summed E-state index contributed by atoms with van der Waals surface area (Å²) in [5.41, 5.74) is 1.92. The van der Waals surface area contributed by atoms with E-state index in [1.807, 2.05) is 0 Å². The van der Waals surface area contributed by atoms with E-state index in [9.17, 15) is 18.0 Å². The van der Waals surface area contributed by atoms with Crippen molar-refractivity contribution in [2.75, 3.05) is 0 Å². The second-order valence-electron chi connectivity index (χ2n) is 5.76. The molecule has 28 heavy (non-hydrogen) atoms. The van der Waals surface area contributed by atoms with Crippen molar-refractivity contribution < 1.29 is 22.7 Å². The number of hydrogen-bond donors (Lipinski definition) is 1. The second-order valence-corrected chi connectivity index (χ2v) is 6.64. The maximum absolute atomic E-state index is 14.6. The third-order valence-corrected chi connectivity index (χ3v) is 4.50. The monoisotopic (exact) mass is 429 g/mol. The second kappa shape index (κ2) is 7.37. The number of ether oxygens (including phenoxy) is 1. The van der Waals surface area contributed by atoms with Gasteiger partial charge in [0.1, 0.15) is 5.75 Å². The van der Waals surface area contributed by atoms with Crippen LogP contribution in [0.4, 0.5) is 18.0 Å². The van der Waals surface area contributed by atoms with Crippen LogP contribution in [-0.2, 0) is 5.54 Å². The van der Waals surface area contributed by atoms with Gasteiger partial charge < -0.3 is 10.5 Å². The minimum Gasteiger partial charge on any atom is -0.411 e. The first-order valence-corrected chi connectivity index (χ1v) is 8.51. The Hall–Kier alpha value is -2.71. The van der Waals surface area contributed by atoms with Gasteiger partial charge >= 0.3 is 12.3 Å². The van der Waals surface area contributed by atoms with Crippen molar-refractivity contribution in [2.24, 2.45) is 5.73 Å². The van der Waals surface area contributed by atoms with E-state index in [4.69, 9.17) is 33.7 Å². The highest BCUT2D eigenvalue weighted by molar-refractivity contribution is 6.30. The molecule has 0 aliphatic rings. The van der Waals surface area contributed by atoms with Gasteiger partial charge in [0, 0.05) is 11.2 Å². The van der Waals surface area contributed by atoms with E-state index in [1.165, 1.54) is 48.5 Å². The number of primary amides is 1. The molecule has 0 aliphatic carbocycles. The van der Waals surface area contributed by atoms with Crippen molar-refractivity contribution in [1.29, 1.82) is 0 Å². The molecule has 0 radical (unpaired) electrons. The molecule has 5 nitrogen and oxygen atoms in total. The Morgan fingerprint density at radius 2 is 1.50 bits per heavy atom. The van der Waals surface area contributed by atoms with Crippen LogP contribution in [0.3, 0.4) is 0 Å². The maximum atomic E-state index is 14.6. The molecule has 1 atom stereocenters. The Labute approximate surface area is 167 Å². The molecule has 2 aromatic carbocycles. The van der Waals surface area contributed by atoms with Crippen molar-refractivity contribution in [3.8, 4) is 5.75 Å². The number of carbonyl (C=O) groups excluding carboxylic acids is 1. The van der Waals surface area contributed by atoms with Gasteiger partial charge in [-0.2, -0.15) is 18.3 Å². The first kappa shape index (κ1) is 20.0. The third-order valence-electron chi connectivity index (χ3n) is 4.06. The Morgan fingerprint density at radius 3 is 1.93 bits per heavy atom. The first-order chi connectivity index (χ1) is 13.1. The van der Waals surface area contributed by atoms with Gasteiger partial charge in [0.15, 0.2) is 0 Å². The highest BCUT2D eigenvalue weighted by atomic mass is 35.5. The summed E-state index contributed by atoms with van der Waals surface area (Å²) in [4.78, 5) is 10.9. The van der Waals surface area contributed by atoms with Crippen molar-refractivity contribution in [2.45, 2.75) is 11.7 Å². The normalized spacial score (nSPS) is 13.8. The smallest absolute Gasteiger partial charge is 0.411 e. The number of halogens is 5. The molecule has 1 amide bonds. The SMILES string of the molecule is NC(=O)Oc1ccc(C(c2ccc(Cl)cc2)(n2cc(Cl)cn2)C(F)(F)F)cc1. The lowest BCUT2D eigenvalue weighted by Gasteiger charge is -2.37. The van der Waals surface area contributed by atoms with Gasteiger partial charge in [0.05, 0.1) is 11.2 Å². The molecule has 10 heteroatoms. The van der Waals surface area contributed by atoms with Gasteiger partial charge in [0.2, 0.25) is 5.54 Å². The number of aromatic nitrogens is 2. The van der Waals surface area contributed by atoms with Crippen molar-refractivity contribution in [1.82, 2.24) is 9.78 Å².